The molecular formula is C28H27N7O2. The van der Waals surface area contributed by atoms with Crippen LogP contribution in [0.2, 0.25) is 0 Å². The van der Waals surface area contributed by atoms with Crippen LogP contribution in [0.3, 0.4) is 0 Å². The van der Waals surface area contributed by atoms with Crippen LogP contribution in [0.5, 0.6) is 0 Å². The molecule has 0 aliphatic heterocycles. The first-order valence-corrected chi connectivity index (χ1v) is 11.7. The number of aliphatic imine (C=N–C) groups is 1. The number of amides is 1. The van der Waals surface area contributed by atoms with Crippen LogP contribution in [-0.4, -0.2) is 44.3 Å². The quantitative estimate of drug-likeness (QED) is 0.212. The van der Waals surface area contributed by atoms with Crippen LogP contribution in [0.25, 0.3) is 50.2 Å². The van der Waals surface area contributed by atoms with E-state index in [2.05, 4.69) is 37.1 Å². The first-order chi connectivity index (χ1) is 17.7. The molecule has 4 aromatic heterocycles. The van der Waals surface area contributed by atoms with E-state index in [-0.39, 0.29) is 5.91 Å². The monoisotopic (exact) mass is 493 g/mol. The molecule has 1 amide bonds. The van der Waals surface area contributed by atoms with E-state index in [4.69, 9.17) is 9.40 Å². The molecule has 0 unspecified atom stereocenters. The summed E-state index contributed by atoms with van der Waals surface area (Å²) in [5, 5.41) is 11.4. The molecule has 186 valence electrons. The van der Waals surface area contributed by atoms with Crippen molar-refractivity contribution in [3.8, 4) is 22.6 Å². The molecule has 1 aromatic carbocycles. The average molecular weight is 494 g/mol. The smallest absolute Gasteiger partial charge is 0.229 e. The van der Waals surface area contributed by atoms with Gasteiger partial charge in [-0.15, -0.1) is 0 Å². The summed E-state index contributed by atoms with van der Waals surface area (Å²) in [6.45, 7) is 9.80. The molecule has 9 nitrogen and oxygen atoms in total. The molecule has 0 aliphatic rings. The van der Waals surface area contributed by atoms with Crippen molar-refractivity contribution in [1.29, 1.82) is 0 Å². The summed E-state index contributed by atoms with van der Waals surface area (Å²) in [6, 6.07) is 7.78. The molecule has 5 rings (SSSR count). The van der Waals surface area contributed by atoms with Crippen molar-refractivity contribution in [1.82, 2.24) is 30.5 Å². The first kappa shape index (κ1) is 23.9. The Morgan fingerprint density at radius 1 is 1.19 bits per heavy atom. The summed E-state index contributed by atoms with van der Waals surface area (Å²) >= 11 is 0. The van der Waals surface area contributed by atoms with Crippen LogP contribution in [0.1, 0.15) is 26.3 Å². The van der Waals surface area contributed by atoms with Gasteiger partial charge in [0.1, 0.15) is 11.2 Å². The number of H-pyrrole nitrogens is 2. The van der Waals surface area contributed by atoms with E-state index in [1.54, 1.807) is 38.2 Å². The number of fused-ring (bicyclic) bond motifs is 2. The van der Waals surface area contributed by atoms with Crippen molar-refractivity contribution < 1.29 is 9.21 Å². The Balaban J connectivity index is 1.52. The minimum absolute atomic E-state index is 0.104. The fraction of sp³-hybridized carbons (Fsp3) is 0.179. The highest BCUT2D eigenvalue weighted by Gasteiger charge is 2.22. The average Bonchev–Trinajstić information content (AvgIpc) is 3.62. The van der Waals surface area contributed by atoms with Gasteiger partial charge in [-0.25, -0.2) is 4.98 Å². The molecule has 0 fully saturated rings. The zero-order chi connectivity index (χ0) is 26.2. The Labute approximate surface area is 213 Å². The van der Waals surface area contributed by atoms with E-state index >= 15 is 0 Å². The summed E-state index contributed by atoms with van der Waals surface area (Å²) in [5.74, 6) is 0.515. The van der Waals surface area contributed by atoms with Crippen LogP contribution < -0.4 is 5.32 Å². The number of aromatic nitrogens is 5. The molecule has 0 saturated heterocycles. The van der Waals surface area contributed by atoms with Crippen LogP contribution in [0, 0.1) is 5.41 Å². The van der Waals surface area contributed by atoms with E-state index in [1.165, 1.54) is 0 Å². The minimum Gasteiger partial charge on any atom is -0.472 e. The van der Waals surface area contributed by atoms with Gasteiger partial charge in [0.15, 0.2) is 5.82 Å². The molecular weight excluding hydrogens is 466 g/mol. The Morgan fingerprint density at radius 2 is 2.03 bits per heavy atom. The normalized spacial score (nSPS) is 12.6. The number of aromatic amines is 2. The molecule has 0 atom stereocenters. The van der Waals surface area contributed by atoms with Gasteiger partial charge in [-0.05, 0) is 35.4 Å². The van der Waals surface area contributed by atoms with Crippen molar-refractivity contribution in [2.75, 3.05) is 7.05 Å². The molecule has 0 aliphatic carbocycles. The van der Waals surface area contributed by atoms with Gasteiger partial charge >= 0.3 is 0 Å². The third-order valence-electron chi connectivity index (χ3n) is 5.92. The summed E-state index contributed by atoms with van der Waals surface area (Å²) in [4.78, 5) is 29.1. The lowest BCUT2D eigenvalue weighted by atomic mass is 9.95. The van der Waals surface area contributed by atoms with Crippen molar-refractivity contribution in [3.05, 3.63) is 73.1 Å². The fourth-order valence-corrected chi connectivity index (χ4v) is 3.90. The highest BCUT2D eigenvalue weighted by molar-refractivity contribution is 5.98. The van der Waals surface area contributed by atoms with Crippen molar-refractivity contribution >= 4 is 39.6 Å². The number of hydrogen-bond acceptors (Lipinski definition) is 6. The Kier molecular flexibility index (Phi) is 6.04. The van der Waals surface area contributed by atoms with Gasteiger partial charge in [0.05, 0.1) is 35.5 Å². The van der Waals surface area contributed by atoms with Gasteiger partial charge in [-0.3, -0.25) is 19.9 Å². The van der Waals surface area contributed by atoms with E-state index in [9.17, 15) is 4.79 Å². The number of nitrogens with zero attached hydrogens (tertiary/aromatic N) is 4. The zero-order valence-corrected chi connectivity index (χ0v) is 21.1. The van der Waals surface area contributed by atoms with E-state index in [1.807, 2.05) is 51.1 Å². The molecule has 0 radical (unpaired) electrons. The van der Waals surface area contributed by atoms with Crippen LogP contribution in [0.15, 0.2) is 76.9 Å². The minimum atomic E-state index is -0.536. The summed E-state index contributed by atoms with van der Waals surface area (Å²) < 4.78 is 5.24. The van der Waals surface area contributed by atoms with Crippen LogP contribution in [-0.2, 0) is 4.79 Å². The summed E-state index contributed by atoms with van der Waals surface area (Å²) in [6.07, 6.45) is 10.2. The predicted octanol–water partition coefficient (Wildman–Crippen LogP) is 5.52. The zero-order valence-electron chi connectivity index (χ0n) is 21.1. The highest BCUT2D eigenvalue weighted by Crippen LogP contribution is 2.32. The number of carbonyl (C=O) groups is 1. The Hall–Kier alpha value is -4.79. The van der Waals surface area contributed by atoms with Gasteiger partial charge in [0.2, 0.25) is 5.91 Å². The Bertz CT molecular complexity index is 1680. The van der Waals surface area contributed by atoms with Gasteiger partial charge < -0.3 is 14.7 Å². The van der Waals surface area contributed by atoms with Gasteiger partial charge in [0.25, 0.3) is 0 Å². The molecule has 0 bridgehead atoms. The van der Waals surface area contributed by atoms with Crippen LogP contribution >= 0.6 is 0 Å². The number of nitrogens with one attached hydrogen (secondary N) is 3. The van der Waals surface area contributed by atoms with Crippen molar-refractivity contribution in [2.45, 2.75) is 20.8 Å². The number of benzene rings is 1. The highest BCUT2D eigenvalue weighted by atomic mass is 16.3. The lowest BCUT2D eigenvalue weighted by Gasteiger charge is -2.18. The lowest BCUT2D eigenvalue weighted by Crippen LogP contribution is -2.34. The standard InChI is InChI=1S/C28H27N7O2/c1-16(10-19(12-29-5)31-27(36)28(2,3)4)17-6-7-22-20(11-17)25(35-34-22)26-32-23-14-30-13-21(24(23)33-26)18-8-9-37-15-18/h6-15H,1H2,2-5H3,(H,31,36)(H,32,33)(H,34,35)/b19-10+,29-12?. The first-order valence-electron chi connectivity index (χ1n) is 11.7. The number of imidazole rings is 1. The Morgan fingerprint density at radius 3 is 2.76 bits per heavy atom. The topological polar surface area (TPSA) is 125 Å². The maximum Gasteiger partial charge on any atom is 0.229 e. The third-order valence-corrected chi connectivity index (χ3v) is 5.92. The van der Waals surface area contributed by atoms with Crippen molar-refractivity contribution in [3.63, 3.8) is 0 Å². The van der Waals surface area contributed by atoms with E-state index in [0.29, 0.717) is 22.8 Å². The number of rotatable bonds is 6. The summed E-state index contributed by atoms with van der Waals surface area (Å²) in [5.41, 5.74) is 6.51. The second-order valence-electron chi connectivity index (χ2n) is 9.73. The van der Waals surface area contributed by atoms with Crippen molar-refractivity contribution in [2.24, 2.45) is 10.4 Å². The number of allylic oxidation sites excluding steroid dienone is 3. The molecule has 0 saturated carbocycles. The second kappa shape index (κ2) is 9.34. The second-order valence-corrected chi connectivity index (χ2v) is 9.73. The maximum absolute atomic E-state index is 12.5. The predicted molar refractivity (Wildman–Crippen MR) is 146 cm³/mol. The van der Waals surface area contributed by atoms with Gasteiger partial charge in [0, 0.05) is 41.4 Å². The lowest BCUT2D eigenvalue weighted by molar-refractivity contribution is -0.127. The number of carbonyl (C=O) groups excluding carboxylic acids is 1. The molecule has 3 N–H and O–H groups in total. The largest absolute Gasteiger partial charge is 0.472 e. The van der Waals surface area contributed by atoms with Gasteiger partial charge in [-0.2, -0.15) is 5.10 Å². The molecule has 9 heteroatoms. The third kappa shape index (κ3) is 4.71. The van der Waals surface area contributed by atoms with Crippen LogP contribution in [0.4, 0.5) is 0 Å². The number of pyridine rings is 1. The molecule has 0 spiro atoms. The molecule has 5 aromatic rings. The fourth-order valence-electron chi connectivity index (χ4n) is 3.90. The van der Waals surface area contributed by atoms with E-state index < -0.39 is 5.41 Å². The number of hydrogen-bond donors (Lipinski definition) is 3. The summed E-state index contributed by atoms with van der Waals surface area (Å²) in [7, 11) is 1.66. The molecule has 37 heavy (non-hydrogen) atoms. The SMILES string of the molecule is C=C(/C=C(\C=NC)NC(=O)C(C)(C)C)c1ccc2[nH]nc(-c3nc4c(-c5ccoc5)cncc4[nH]3)c2c1. The van der Waals surface area contributed by atoms with Gasteiger partial charge in [-0.1, -0.05) is 33.4 Å². The van der Waals surface area contributed by atoms with E-state index in [0.717, 1.165) is 38.6 Å². The number of furan rings is 1. The molecule has 4 heterocycles. The maximum atomic E-state index is 12.5.